The molecular formula is C23H30N2O2S. The summed E-state index contributed by atoms with van der Waals surface area (Å²) >= 11 is 1.61. The van der Waals surface area contributed by atoms with Crippen molar-refractivity contribution in [2.45, 2.75) is 37.8 Å². The standard InChI is InChI=1S/C23H30N2O2S/c1-17-9-10-18(2)21(15-17)28-16-22(26)24-19(3)23(20-7-5-4-6-8-20)25-11-13-27-14-12-25/h4-10,15,19,23H,11-14,16H2,1-3H3,(H,24,26)/t19-,23-/m1/s1. The van der Waals surface area contributed by atoms with E-state index in [4.69, 9.17) is 4.74 Å². The SMILES string of the molecule is Cc1ccc(C)c(SCC(=O)N[C@H](C)[C@H](c2ccccc2)N2CCOCC2)c1. The van der Waals surface area contributed by atoms with Crippen LogP contribution in [0.1, 0.15) is 29.7 Å². The number of carbonyl (C=O) groups excluding carboxylic acids is 1. The normalized spacial score (nSPS) is 17.1. The van der Waals surface area contributed by atoms with Gasteiger partial charge >= 0.3 is 0 Å². The maximum absolute atomic E-state index is 12.7. The van der Waals surface area contributed by atoms with Crippen molar-refractivity contribution in [2.75, 3.05) is 32.1 Å². The number of nitrogens with one attached hydrogen (secondary N) is 1. The van der Waals surface area contributed by atoms with Crippen molar-refractivity contribution in [3.05, 3.63) is 65.2 Å². The van der Waals surface area contributed by atoms with Crippen LogP contribution in [0.4, 0.5) is 0 Å². The summed E-state index contributed by atoms with van der Waals surface area (Å²) in [4.78, 5) is 16.3. The Kier molecular flexibility index (Phi) is 7.54. The molecule has 3 rings (SSSR count). The van der Waals surface area contributed by atoms with Crippen LogP contribution in [0.5, 0.6) is 0 Å². The average molecular weight is 399 g/mol. The molecule has 1 saturated heterocycles. The molecule has 0 saturated carbocycles. The summed E-state index contributed by atoms with van der Waals surface area (Å²) < 4.78 is 5.52. The molecule has 0 bridgehead atoms. The van der Waals surface area contributed by atoms with E-state index in [2.05, 4.69) is 73.5 Å². The van der Waals surface area contributed by atoms with E-state index in [9.17, 15) is 4.79 Å². The molecule has 1 heterocycles. The van der Waals surface area contributed by atoms with Gasteiger partial charge in [0.05, 0.1) is 25.0 Å². The molecule has 1 fully saturated rings. The second-order valence-electron chi connectivity index (χ2n) is 7.42. The molecule has 1 N–H and O–H groups in total. The van der Waals surface area contributed by atoms with Crippen LogP contribution in [0, 0.1) is 13.8 Å². The fraction of sp³-hybridized carbons (Fsp3) is 0.435. The van der Waals surface area contributed by atoms with Gasteiger partial charge in [-0.1, -0.05) is 48.0 Å². The molecule has 4 nitrogen and oxygen atoms in total. The Morgan fingerprint density at radius 1 is 1.14 bits per heavy atom. The molecule has 5 heteroatoms. The highest BCUT2D eigenvalue weighted by Gasteiger charge is 2.28. The van der Waals surface area contributed by atoms with Gasteiger partial charge in [-0.25, -0.2) is 0 Å². The minimum absolute atomic E-state index is 0.0206. The van der Waals surface area contributed by atoms with Crippen molar-refractivity contribution < 1.29 is 9.53 Å². The van der Waals surface area contributed by atoms with Gasteiger partial charge in [-0.15, -0.1) is 11.8 Å². The van der Waals surface area contributed by atoms with Gasteiger partial charge in [-0.3, -0.25) is 9.69 Å². The first kappa shape index (κ1) is 20.9. The fourth-order valence-corrected chi connectivity index (χ4v) is 4.64. The average Bonchev–Trinajstić information content (AvgIpc) is 2.70. The number of morpholine rings is 1. The van der Waals surface area contributed by atoms with Gasteiger partial charge in [0.2, 0.25) is 5.91 Å². The van der Waals surface area contributed by atoms with Crippen LogP contribution in [0.2, 0.25) is 0 Å². The number of ether oxygens (including phenoxy) is 1. The molecule has 2 atom stereocenters. The molecule has 28 heavy (non-hydrogen) atoms. The van der Waals surface area contributed by atoms with E-state index in [0.29, 0.717) is 5.75 Å². The number of thioether (sulfide) groups is 1. The van der Waals surface area contributed by atoms with Crippen molar-refractivity contribution in [3.8, 4) is 0 Å². The molecule has 0 radical (unpaired) electrons. The summed E-state index contributed by atoms with van der Waals surface area (Å²) in [7, 11) is 0. The van der Waals surface area contributed by atoms with Gasteiger partial charge in [-0.05, 0) is 38.0 Å². The Morgan fingerprint density at radius 2 is 1.86 bits per heavy atom. The Balaban J connectivity index is 1.64. The second-order valence-corrected chi connectivity index (χ2v) is 8.43. The van der Waals surface area contributed by atoms with Crippen molar-refractivity contribution in [3.63, 3.8) is 0 Å². The lowest BCUT2D eigenvalue weighted by Gasteiger charge is -2.38. The lowest BCUT2D eigenvalue weighted by atomic mass is 9.98. The van der Waals surface area contributed by atoms with E-state index in [0.717, 1.165) is 26.3 Å². The first-order valence-electron chi connectivity index (χ1n) is 9.91. The maximum atomic E-state index is 12.7. The quantitative estimate of drug-likeness (QED) is 0.717. The maximum Gasteiger partial charge on any atom is 0.230 e. The second kappa shape index (κ2) is 10.1. The van der Waals surface area contributed by atoms with Crippen molar-refractivity contribution >= 4 is 17.7 Å². The number of rotatable bonds is 7. The van der Waals surface area contributed by atoms with Crippen LogP contribution < -0.4 is 5.32 Å². The summed E-state index contributed by atoms with van der Waals surface area (Å²) in [6.07, 6.45) is 0. The van der Waals surface area contributed by atoms with Gasteiger partial charge in [0.1, 0.15) is 0 Å². The van der Waals surface area contributed by atoms with Crippen LogP contribution in [0.3, 0.4) is 0 Å². The zero-order valence-electron chi connectivity index (χ0n) is 17.0. The van der Waals surface area contributed by atoms with E-state index in [-0.39, 0.29) is 18.0 Å². The molecule has 1 amide bonds. The Labute approximate surface area is 172 Å². The lowest BCUT2D eigenvalue weighted by molar-refractivity contribution is -0.119. The highest BCUT2D eigenvalue weighted by atomic mass is 32.2. The summed E-state index contributed by atoms with van der Waals surface area (Å²) in [6.45, 7) is 9.53. The summed E-state index contributed by atoms with van der Waals surface area (Å²) in [5, 5.41) is 3.24. The summed E-state index contributed by atoms with van der Waals surface area (Å²) in [6, 6.07) is 17.0. The van der Waals surface area contributed by atoms with E-state index >= 15 is 0 Å². The van der Waals surface area contributed by atoms with Crippen LogP contribution in [0.25, 0.3) is 0 Å². The van der Waals surface area contributed by atoms with Gasteiger partial charge in [-0.2, -0.15) is 0 Å². The van der Waals surface area contributed by atoms with Crippen LogP contribution in [-0.2, 0) is 9.53 Å². The van der Waals surface area contributed by atoms with Gasteiger partial charge in [0, 0.05) is 24.0 Å². The first-order valence-corrected chi connectivity index (χ1v) is 10.9. The highest BCUT2D eigenvalue weighted by Crippen LogP contribution is 2.26. The number of hydrogen-bond acceptors (Lipinski definition) is 4. The van der Waals surface area contributed by atoms with E-state index < -0.39 is 0 Å². The number of amides is 1. The molecule has 0 spiro atoms. The van der Waals surface area contributed by atoms with Crippen molar-refractivity contribution in [1.29, 1.82) is 0 Å². The number of aryl methyl sites for hydroxylation is 2. The minimum atomic E-state index is 0.0206. The van der Waals surface area contributed by atoms with Crippen molar-refractivity contribution in [2.24, 2.45) is 0 Å². The van der Waals surface area contributed by atoms with Crippen LogP contribution in [0.15, 0.2) is 53.4 Å². The first-order chi connectivity index (χ1) is 13.5. The molecule has 2 aromatic carbocycles. The van der Waals surface area contributed by atoms with E-state index in [1.165, 1.54) is 21.6 Å². The third-order valence-electron chi connectivity index (χ3n) is 5.14. The lowest BCUT2D eigenvalue weighted by Crippen LogP contribution is -2.48. The molecule has 0 aliphatic carbocycles. The molecule has 1 aliphatic rings. The fourth-order valence-electron chi connectivity index (χ4n) is 3.70. The Morgan fingerprint density at radius 3 is 2.57 bits per heavy atom. The zero-order valence-corrected chi connectivity index (χ0v) is 17.8. The predicted molar refractivity (Wildman–Crippen MR) is 116 cm³/mol. The third-order valence-corrected chi connectivity index (χ3v) is 6.30. The molecule has 0 unspecified atom stereocenters. The van der Waals surface area contributed by atoms with Crippen LogP contribution in [-0.4, -0.2) is 48.9 Å². The largest absolute Gasteiger partial charge is 0.379 e. The van der Waals surface area contributed by atoms with Gasteiger partial charge in [0.15, 0.2) is 0 Å². The monoisotopic (exact) mass is 398 g/mol. The topological polar surface area (TPSA) is 41.6 Å². The number of carbonyl (C=O) groups is 1. The van der Waals surface area contributed by atoms with Crippen LogP contribution >= 0.6 is 11.8 Å². The van der Waals surface area contributed by atoms with E-state index in [1.807, 2.05) is 6.07 Å². The third kappa shape index (κ3) is 5.60. The molecular weight excluding hydrogens is 368 g/mol. The zero-order chi connectivity index (χ0) is 19.9. The number of hydrogen-bond donors (Lipinski definition) is 1. The minimum Gasteiger partial charge on any atom is -0.379 e. The van der Waals surface area contributed by atoms with Crippen molar-refractivity contribution in [1.82, 2.24) is 10.2 Å². The molecule has 2 aromatic rings. The summed E-state index contributed by atoms with van der Waals surface area (Å²) in [5.41, 5.74) is 3.67. The smallest absolute Gasteiger partial charge is 0.230 e. The van der Waals surface area contributed by atoms with Gasteiger partial charge < -0.3 is 10.1 Å². The van der Waals surface area contributed by atoms with E-state index in [1.54, 1.807) is 11.8 Å². The number of nitrogens with zero attached hydrogens (tertiary/aromatic N) is 1. The molecule has 1 aliphatic heterocycles. The van der Waals surface area contributed by atoms with Gasteiger partial charge in [0.25, 0.3) is 0 Å². The number of benzene rings is 2. The Bertz CT molecular complexity index is 775. The molecule has 0 aromatic heterocycles. The molecule has 150 valence electrons. The highest BCUT2D eigenvalue weighted by molar-refractivity contribution is 8.00. The summed E-state index contributed by atoms with van der Waals surface area (Å²) in [5.74, 6) is 0.506. The predicted octanol–water partition coefficient (Wildman–Crippen LogP) is 3.97. The Hall–Kier alpha value is -1.82.